The van der Waals surface area contributed by atoms with Crippen molar-refractivity contribution in [1.82, 2.24) is 9.97 Å². The summed E-state index contributed by atoms with van der Waals surface area (Å²) in [6.45, 7) is 1.33. The van der Waals surface area contributed by atoms with Crippen molar-refractivity contribution in [1.29, 1.82) is 0 Å². The third kappa shape index (κ3) is 1.88. The minimum Gasteiger partial charge on any atom is -0.233 e. The fourth-order valence-electron chi connectivity index (χ4n) is 1.24. The van der Waals surface area contributed by atoms with E-state index in [1.54, 1.807) is 0 Å². The van der Waals surface area contributed by atoms with E-state index in [-0.39, 0.29) is 17.0 Å². The molecule has 0 bridgehead atoms. The van der Waals surface area contributed by atoms with E-state index in [1.807, 2.05) is 0 Å². The van der Waals surface area contributed by atoms with E-state index in [0.717, 1.165) is 24.5 Å². The highest BCUT2D eigenvalue weighted by Crippen LogP contribution is 2.20. The number of hydrogen-bond donors (Lipinski definition) is 0. The Balaban J connectivity index is 2.52. The van der Waals surface area contributed by atoms with Gasteiger partial charge in [-0.15, -0.1) is 0 Å². The summed E-state index contributed by atoms with van der Waals surface area (Å²) < 4.78 is 39.0. The zero-order valence-corrected chi connectivity index (χ0v) is 8.34. The Labute approximate surface area is 89.8 Å². The summed E-state index contributed by atoms with van der Waals surface area (Å²) in [5.41, 5.74) is 0.117. The average molecular weight is 224 g/mol. The number of halogens is 3. The minimum atomic E-state index is -0.678. The normalized spacial score (nSPS) is 10.5. The molecule has 0 aliphatic carbocycles. The standard InChI is InChI=1S/C11H7F3N2/c1-6-9(13)2-7(3-10(6)14)11-15-4-8(12)5-16-11/h2-5H,1H3. The largest absolute Gasteiger partial charge is 0.233 e. The lowest BCUT2D eigenvalue weighted by molar-refractivity contribution is 0.568. The number of hydrogen-bond acceptors (Lipinski definition) is 2. The van der Waals surface area contributed by atoms with E-state index >= 15 is 0 Å². The second kappa shape index (κ2) is 3.92. The van der Waals surface area contributed by atoms with Crippen molar-refractivity contribution in [3.05, 3.63) is 47.5 Å². The van der Waals surface area contributed by atoms with Crippen molar-refractivity contribution in [2.24, 2.45) is 0 Å². The van der Waals surface area contributed by atoms with E-state index in [9.17, 15) is 13.2 Å². The molecule has 0 atom stereocenters. The zero-order chi connectivity index (χ0) is 11.7. The highest BCUT2D eigenvalue weighted by atomic mass is 19.1. The summed E-state index contributed by atoms with van der Waals surface area (Å²) in [4.78, 5) is 7.28. The smallest absolute Gasteiger partial charge is 0.159 e. The molecule has 0 saturated heterocycles. The highest BCUT2D eigenvalue weighted by Gasteiger charge is 2.09. The first-order valence-corrected chi connectivity index (χ1v) is 4.51. The molecule has 1 aromatic heterocycles. The van der Waals surface area contributed by atoms with E-state index in [2.05, 4.69) is 9.97 Å². The van der Waals surface area contributed by atoms with Crippen LogP contribution in [0.25, 0.3) is 11.4 Å². The first kappa shape index (κ1) is 10.6. The van der Waals surface area contributed by atoms with Crippen molar-refractivity contribution in [3.63, 3.8) is 0 Å². The molecule has 82 valence electrons. The SMILES string of the molecule is Cc1c(F)cc(-c2ncc(F)cn2)cc1F. The van der Waals surface area contributed by atoms with Crippen LogP contribution in [0.4, 0.5) is 13.2 Å². The van der Waals surface area contributed by atoms with Crippen LogP contribution in [0.3, 0.4) is 0 Å². The maximum absolute atomic E-state index is 13.2. The van der Waals surface area contributed by atoms with Crippen LogP contribution in [0, 0.1) is 24.4 Å². The van der Waals surface area contributed by atoms with Crippen LogP contribution in [0.1, 0.15) is 5.56 Å². The second-order valence-corrected chi connectivity index (χ2v) is 3.29. The summed E-state index contributed by atoms with van der Waals surface area (Å²) in [7, 11) is 0. The Bertz CT molecular complexity index is 500. The molecule has 0 unspecified atom stereocenters. The van der Waals surface area contributed by atoms with E-state index in [0.29, 0.717) is 0 Å². The van der Waals surface area contributed by atoms with Gasteiger partial charge in [0, 0.05) is 11.1 Å². The van der Waals surface area contributed by atoms with Crippen LogP contribution in [-0.4, -0.2) is 9.97 Å². The molecule has 0 aliphatic heterocycles. The average Bonchev–Trinajstić information content (AvgIpc) is 2.26. The second-order valence-electron chi connectivity index (χ2n) is 3.29. The molecule has 2 nitrogen and oxygen atoms in total. The molecule has 1 aromatic carbocycles. The fourth-order valence-corrected chi connectivity index (χ4v) is 1.24. The van der Waals surface area contributed by atoms with Gasteiger partial charge in [-0.05, 0) is 19.1 Å². The van der Waals surface area contributed by atoms with Crippen molar-refractivity contribution in [2.75, 3.05) is 0 Å². The van der Waals surface area contributed by atoms with Crippen LogP contribution >= 0.6 is 0 Å². The zero-order valence-electron chi connectivity index (χ0n) is 8.34. The first-order valence-electron chi connectivity index (χ1n) is 4.51. The van der Waals surface area contributed by atoms with Gasteiger partial charge in [0.15, 0.2) is 11.6 Å². The van der Waals surface area contributed by atoms with Crippen LogP contribution in [0.2, 0.25) is 0 Å². The predicted molar refractivity (Wildman–Crippen MR) is 52.1 cm³/mol. The van der Waals surface area contributed by atoms with Gasteiger partial charge in [-0.25, -0.2) is 23.1 Å². The summed E-state index contributed by atoms with van der Waals surface area (Å²) >= 11 is 0. The van der Waals surface area contributed by atoms with Crippen molar-refractivity contribution in [3.8, 4) is 11.4 Å². The summed E-state index contributed by atoms with van der Waals surface area (Å²) in [5.74, 6) is -1.87. The van der Waals surface area contributed by atoms with Gasteiger partial charge in [0.1, 0.15) is 11.6 Å². The monoisotopic (exact) mass is 224 g/mol. The van der Waals surface area contributed by atoms with Crippen LogP contribution in [0.5, 0.6) is 0 Å². The lowest BCUT2D eigenvalue weighted by atomic mass is 10.1. The highest BCUT2D eigenvalue weighted by molar-refractivity contribution is 5.55. The third-order valence-corrected chi connectivity index (χ3v) is 2.16. The lowest BCUT2D eigenvalue weighted by Gasteiger charge is -2.03. The summed E-state index contributed by atoms with van der Waals surface area (Å²) in [6.07, 6.45) is 1.88. The van der Waals surface area contributed by atoms with Crippen molar-refractivity contribution < 1.29 is 13.2 Å². The molecule has 1 heterocycles. The van der Waals surface area contributed by atoms with E-state index in [1.165, 1.54) is 6.92 Å². The van der Waals surface area contributed by atoms with Gasteiger partial charge < -0.3 is 0 Å². The van der Waals surface area contributed by atoms with Gasteiger partial charge in [0.2, 0.25) is 0 Å². The number of nitrogens with zero attached hydrogens (tertiary/aromatic N) is 2. The molecule has 0 spiro atoms. The van der Waals surface area contributed by atoms with Crippen LogP contribution < -0.4 is 0 Å². The Morgan fingerprint density at radius 1 is 0.938 bits per heavy atom. The Morgan fingerprint density at radius 2 is 1.44 bits per heavy atom. The quantitative estimate of drug-likeness (QED) is 0.744. The number of benzene rings is 1. The molecule has 0 N–H and O–H groups in total. The van der Waals surface area contributed by atoms with Gasteiger partial charge in [-0.1, -0.05) is 0 Å². The van der Waals surface area contributed by atoms with Crippen molar-refractivity contribution >= 4 is 0 Å². The predicted octanol–water partition coefficient (Wildman–Crippen LogP) is 2.87. The molecule has 5 heteroatoms. The number of aromatic nitrogens is 2. The summed E-state index contributed by atoms with van der Waals surface area (Å²) in [6, 6.07) is 2.23. The minimum absolute atomic E-state index is 0.0640. The van der Waals surface area contributed by atoms with Gasteiger partial charge in [0.25, 0.3) is 0 Å². The van der Waals surface area contributed by atoms with Crippen molar-refractivity contribution in [2.45, 2.75) is 6.92 Å². The first-order chi connectivity index (χ1) is 7.58. The van der Waals surface area contributed by atoms with Gasteiger partial charge in [-0.2, -0.15) is 0 Å². The lowest BCUT2D eigenvalue weighted by Crippen LogP contribution is -1.94. The van der Waals surface area contributed by atoms with Gasteiger partial charge in [0.05, 0.1) is 12.4 Å². The summed E-state index contributed by atoms with van der Waals surface area (Å²) in [5, 5.41) is 0. The maximum atomic E-state index is 13.2. The molecular formula is C11H7F3N2. The molecule has 0 amide bonds. The van der Waals surface area contributed by atoms with E-state index < -0.39 is 17.5 Å². The Kier molecular flexibility index (Phi) is 2.60. The maximum Gasteiger partial charge on any atom is 0.159 e. The molecule has 2 rings (SSSR count). The van der Waals surface area contributed by atoms with Gasteiger partial charge >= 0.3 is 0 Å². The van der Waals surface area contributed by atoms with Crippen LogP contribution in [-0.2, 0) is 0 Å². The topological polar surface area (TPSA) is 25.8 Å². The Morgan fingerprint density at radius 3 is 1.94 bits per heavy atom. The fraction of sp³-hybridized carbons (Fsp3) is 0.0909. The third-order valence-electron chi connectivity index (χ3n) is 2.16. The Hall–Kier alpha value is -1.91. The molecule has 0 radical (unpaired) electrons. The van der Waals surface area contributed by atoms with Crippen LogP contribution in [0.15, 0.2) is 24.5 Å². The van der Waals surface area contributed by atoms with Gasteiger partial charge in [-0.3, -0.25) is 0 Å². The molecule has 0 aliphatic rings. The molecule has 0 saturated carbocycles. The molecular weight excluding hydrogens is 217 g/mol. The molecule has 16 heavy (non-hydrogen) atoms. The number of rotatable bonds is 1. The molecule has 0 fully saturated rings. The molecule has 2 aromatic rings. The van der Waals surface area contributed by atoms with E-state index in [4.69, 9.17) is 0 Å².